The Morgan fingerprint density at radius 1 is 1.40 bits per heavy atom. The highest BCUT2D eigenvalue weighted by Gasteiger charge is 2.32. The Hall–Kier alpha value is -2.17. The zero-order chi connectivity index (χ0) is 13.9. The molecule has 3 rings (SSSR count). The smallest absolute Gasteiger partial charge is 0.227 e. The summed E-state index contributed by atoms with van der Waals surface area (Å²) in [6, 6.07) is 9.76. The largest absolute Gasteiger partial charge is 0.340 e. The number of carbonyl (C=O) groups excluding carboxylic acids is 1. The molecule has 1 atom stereocenters. The number of rotatable bonds is 3. The van der Waals surface area contributed by atoms with Crippen LogP contribution in [0.25, 0.3) is 0 Å². The molecule has 1 aliphatic heterocycles. The maximum absolute atomic E-state index is 12.4. The van der Waals surface area contributed by atoms with Crippen LogP contribution in [0.2, 0.25) is 0 Å². The van der Waals surface area contributed by atoms with Crippen molar-refractivity contribution in [1.29, 1.82) is 0 Å². The molecule has 0 spiro atoms. The van der Waals surface area contributed by atoms with Gasteiger partial charge in [-0.2, -0.15) is 4.98 Å². The Bertz CT molecular complexity index is 594. The van der Waals surface area contributed by atoms with Gasteiger partial charge in [-0.05, 0) is 18.4 Å². The van der Waals surface area contributed by atoms with Crippen LogP contribution in [-0.4, -0.2) is 27.5 Å². The van der Waals surface area contributed by atoms with Crippen molar-refractivity contribution in [3.05, 3.63) is 47.6 Å². The molecule has 0 unspecified atom stereocenters. The Balaban J connectivity index is 1.73. The molecule has 1 aromatic carbocycles. The number of carbonyl (C=O) groups is 1. The molecule has 2 heterocycles. The Labute approximate surface area is 117 Å². The van der Waals surface area contributed by atoms with Gasteiger partial charge in [-0.25, -0.2) is 0 Å². The molecule has 0 saturated carbocycles. The first-order valence-electron chi connectivity index (χ1n) is 6.87. The van der Waals surface area contributed by atoms with Gasteiger partial charge in [0.15, 0.2) is 5.82 Å². The van der Waals surface area contributed by atoms with E-state index >= 15 is 0 Å². The van der Waals surface area contributed by atoms with Gasteiger partial charge in [-0.3, -0.25) is 4.79 Å². The standard InChI is InChI=1S/C15H17N3O2/c1-11-16-15(17-20-11)13-8-5-9-18(13)14(19)10-12-6-3-2-4-7-12/h2-4,6-7,13H,5,8-10H2,1H3/t13-/m1/s1. The van der Waals surface area contributed by atoms with Gasteiger partial charge in [-0.1, -0.05) is 35.5 Å². The third kappa shape index (κ3) is 2.57. The van der Waals surface area contributed by atoms with Gasteiger partial charge in [0, 0.05) is 13.5 Å². The second kappa shape index (κ2) is 5.45. The molecule has 0 bridgehead atoms. The van der Waals surface area contributed by atoms with E-state index in [0.717, 1.165) is 24.9 Å². The maximum Gasteiger partial charge on any atom is 0.227 e. The molecule has 0 radical (unpaired) electrons. The zero-order valence-corrected chi connectivity index (χ0v) is 11.5. The van der Waals surface area contributed by atoms with E-state index in [4.69, 9.17) is 4.52 Å². The summed E-state index contributed by atoms with van der Waals surface area (Å²) in [6.07, 6.45) is 2.31. The summed E-state index contributed by atoms with van der Waals surface area (Å²) in [7, 11) is 0. The summed E-state index contributed by atoms with van der Waals surface area (Å²) in [5.41, 5.74) is 1.03. The molecular formula is C15H17N3O2. The lowest BCUT2D eigenvalue weighted by molar-refractivity contribution is -0.131. The molecular weight excluding hydrogens is 254 g/mol. The fourth-order valence-electron chi connectivity index (χ4n) is 2.66. The minimum Gasteiger partial charge on any atom is -0.340 e. The van der Waals surface area contributed by atoms with Gasteiger partial charge in [0.25, 0.3) is 0 Å². The van der Waals surface area contributed by atoms with E-state index in [1.54, 1.807) is 6.92 Å². The number of hydrogen-bond donors (Lipinski definition) is 0. The van der Waals surface area contributed by atoms with Gasteiger partial charge in [-0.15, -0.1) is 0 Å². The first-order valence-corrected chi connectivity index (χ1v) is 6.87. The van der Waals surface area contributed by atoms with Gasteiger partial charge in [0.05, 0.1) is 12.5 Å². The quantitative estimate of drug-likeness (QED) is 0.859. The van der Waals surface area contributed by atoms with Gasteiger partial charge in [0.1, 0.15) is 0 Å². The van der Waals surface area contributed by atoms with Crippen LogP contribution in [0.15, 0.2) is 34.9 Å². The summed E-state index contributed by atoms with van der Waals surface area (Å²) in [5, 5.41) is 3.96. The molecule has 0 N–H and O–H groups in total. The lowest BCUT2D eigenvalue weighted by atomic mass is 10.1. The van der Waals surface area contributed by atoms with Crippen LogP contribution in [-0.2, 0) is 11.2 Å². The molecule has 1 saturated heterocycles. The van der Waals surface area contributed by atoms with Gasteiger partial charge >= 0.3 is 0 Å². The molecule has 5 nitrogen and oxygen atoms in total. The van der Waals surface area contributed by atoms with E-state index < -0.39 is 0 Å². The monoisotopic (exact) mass is 271 g/mol. The van der Waals surface area contributed by atoms with Gasteiger partial charge in [0.2, 0.25) is 11.8 Å². The Morgan fingerprint density at radius 3 is 2.90 bits per heavy atom. The van der Waals surface area contributed by atoms with Crippen molar-refractivity contribution >= 4 is 5.91 Å². The zero-order valence-electron chi connectivity index (χ0n) is 11.5. The lowest BCUT2D eigenvalue weighted by Gasteiger charge is -2.22. The second-order valence-corrected chi connectivity index (χ2v) is 5.08. The molecule has 1 fully saturated rings. The van der Waals surface area contributed by atoms with E-state index in [1.807, 2.05) is 35.2 Å². The van der Waals surface area contributed by atoms with E-state index in [1.165, 1.54) is 0 Å². The van der Waals surface area contributed by atoms with Gasteiger partial charge < -0.3 is 9.42 Å². The SMILES string of the molecule is Cc1nc([C@H]2CCCN2C(=O)Cc2ccccc2)no1. The number of amides is 1. The normalized spacial score (nSPS) is 18.4. The number of likely N-dealkylation sites (tertiary alicyclic amines) is 1. The molecule has 0 aliphatic carbocycles. The number of nitrogens with zero attached hydrogens (tertiary/aromatic N) is 3. The predicted molar refractivity (Wildman–Crippen MR) is 72.9 cm³/mol. The minimum absolute atomic E-state index is 0.0383. The van der Waals surface area contributed by atoms with Crippen LogP contribution in [0.4, 0.5) is 0 Å². The maximum atomic E-state index is 12.4. The van der Waals surface area contributed by atoms with Crippen molar-refractivity contribution in [3.63, 3.8) is 0 Å². The van der Waals surface area contributed by atoms with Crippen molar-refractivity contribution in [2.45, 2.75) is 32.2 Å². The summed E-state index contributed by atoms with van der Waals surface area (Å²) in [4.78, 5) is 18.6. The molecule has 5 heteroatoms. The highest BCUT2D eigenvalue weighted by atomic mass is 16.5. The fraction of sp³-hybridized carbons (Fsp3) is 0.400. The van der Waals surface area contributed by atoms with Crippen LogP contribution < -0.4 is 0 Å². The first kappa shape index (κ1) is 12.8. The Kier molecular flexibility index (Phi) is 3.50. The number of aryl methyl sites for hydroxylation is 1. The van der Waals surface area contributed by atoms with Crippen molar-refractivity contribution in [2.75, 3.05) is 6.54 Å². The fourth-order valence-corrected chi connectivity index (χ4v) is 2.66. The first-order chi connectivity index (χ1) is 9.74. The third-order valence-electron chi connectivity index (χ3n) is 3.61. The molecule has 1 amide bonds. The molecule has 1 aromatic heterocycles. The molecule has 20 heavy (non-hydrogen) atoms. The summed E-state index contributed by atoms with van der Waals surface area (Å²) < 4.78 is 5.02. The second-order valence-electron chi connectivity index (χ2n) is 5.08. The van der Waals surface area contributed by atoms with Crippen molar-refractivity contribution in [2.24, 2.45) is 0 Å². The predicted octanol–water partition coefficient (Wildman–Crippen LogP) is 2.28. The molecule has 104 valence electrons. The van der Waals surface area contributed by atoms with Crippen LogP contribution >= 0.6 is 0 Å². The van der Waals surface area contributed by atoms with E-state index in [2.05, 4.69) is 10.1 Å². The lowest BCUT2D eigenvalue weighted by Crippen LogP contribution is -2.32. The topological polar surface area (TPSA) is 59.2 Å². The Morgan fingerprint density at radius 2 is 2.20 bits per heavy atom. The van der Waals surface area contributed by atoms with Crippen LogP contribution in [0.3, 0.4) is 0 Å². The number of benzene rings is 1. The molecule has 1 aliphatic rings. The average molecular weight is 271 g/mol. The van der Waals surface area contributed by atoms with Crippen LogP contribution in [0, 0.1) is 6.92 Å². The summed E-state index contributed by atoms with van der Waals surface area (Å²) in [5.74, 6) is 1.30. The van der Waals surface area contributed by atoms with Crippen molar-refractivity contribution in [1.82, 2.24) is 15.0 Å². The van der Waals surface area contributed by atoms with E-state index in [-0.39, 0.29) is 11.9 Å². The number of aromatic nitrogens is 2. The van der Waals surface area contributed by atoms with E-state index in [0.29, 0.717) is 18.1 Å². The van der Waals surface area contributed by atoms with Crippen LogP contribution in [0.1, 0.15) is 36.2 Å². The molecule has 2 aromatic rings. The summed E-state index contributed by atoms with van der Waals surface area (Å²) in [6.45, 7) is 2.53. The summed E-state index contributed by atoms with van der Waals surface area (Å²) >= 11 is 0. The third-order valence-corrected chi connectivity index (χ3v) is 3.61. The average Bonchev–Trinajstić information content (AvgIpc) is 3.08. The highest BCUT2D eigenvalue weighted by Crippen LogP contribution is 2.30. The van der Waals surface area contributed by atoms with Crippen LogP contribution in [0.5, 0.6) is 0 Å². The number of hydrogen-bond acceptors (Lipinski definition) is 4. The van der Waals surface area contributed by atoms with Crippen molar-refractivity contribution < 1.29 is 9.32 Å². The minimum atomic E-state index is -0.0383. The van der Waals surface area contributed by atoms with Crippen molar-refractivity contribution in [3.8, 4) is 0 Å². The highest BCUT2D eigenvalue weighted by molar-refractivity contribution is 5.79. The van der Waals surface area contributed by atoms with E-state index in [9.17, 15) is 4.79 Å².